The lowest BCUT2D eigenvalue weighted by molar-refractivity contribution is -0.138. The summed E-state index contributed by atoms with van der Waals surface area (Å²) in [7, 11) is 0. The van der Waals surface area contributed by atoms with Gasteiger partial charge in [0.25, 0.3) is 5.91 Å². The molecule has 20 heavy (non-hydrogen) atoms. The van der Waals surface area contributed by atoms with Gasteiger partial charge in [0.1, 0.15) is 6.04 Å². The Bertz CT molecular complexity index is 530. The Morgan fingerprint density at radius 1 is 1.35 bits per heavy atom. The van der Waals surface area contributed by atoms with Crippen LogP contribution < -0.4 is 10.6 Å². The molecule has 2 heterocycles. The van der Waals surface area contributed by atoms with Crippen LogP contribution in [0.25, 0.3) is 0 Å². The third-order valence-corrected chi connectivity index (χ3v) is 3.83. The van der Waals surface area contributed by atoms with Crippen molar-refractivity contribution in [2.45, 2.75) is 31.4 Å². The molecular weight excluding hydrogens is 256 g/mol. The monoisotopic (exact) mass is 274 g/mol. The van der Waals surface area contributed by atoms with Gasteiger partial charge >= 0.3 is 0 Å². The number of carbonyl (C=O) groups excluding carboxylic acids is 2. The van der Waals surface area contributed by atoms with Crippen molar-refractivity contribution in [3.05, 3.63) is 35.4 Å². The molecule has 2 N–H and O–H groups in total. The second kappa shape index (κ2) is 5.63. The highest BCUT2D eigenvalue weighted by Gasteiger charge is 2.31. The highest BCUT2D eigenvalue weighted by Crippen LogP contribution is 2.27. The van der Waals surface area contributed by atoms with E-state index >= 15 is 0 Å². The van der Waals surface area contributed by atoms with Gasteiger partial charge in [0.15, 0.2) is 6.10 Å². The molecule has 5 heteroatoms. The van der Waals surface area contributed by atoms with Crippen LogP contribution in [0.3, 0.4) is 0 Å². The SMILES string of the molecule is O=C1NCCC[C@@H]1NC(=O)[C@H]1OCCc2ccccc21. The van der Waals surface area contributed by atoms with Gasteiger partial charge in [-0.1, -0.05) is 24.3 Å². The molecule has 2 aliphatic rings. The molecule has 0 aromatic heterocycles. The summed E-state index contributed by atoms with van der Waals surface area (Å²) >= 11 is 0. The molecule has 0 bridgehead atoms. The van der Waals surface area contributed by atoms with Gasteiger partial charge in [-0.3, -0.25) is 9.59 Å². The van der Waals surface area contributed by atoms with E-state index < -0.39 is 12.1 Å². The largest absolute Gasteiger partial charge is 0.363 e. The Morgan fingerprint density at radius 3 is 3.05 bits per heavy atom. The maximum atomic E-state index is 12.4. The molecule has 1 saturated heterocycles. The summed E-state index contributed by atoms with van der Waals surface area (Å²) in [6.45, 7) is 1.22. The number of carbonyl (C=O) groups is 2. The molecule has 0 unspecified atom stereocenters. The average molecular weight is 274 g/mol. The fourth-order valence-corrected chi connectivity index (χ4v) is 2.77. The summed E-state index contributed by atoms with van der Waals surface area (Å²) in [5.41, 5.74) is 2.06. The van der Waals surface area contributed by atoms with Crippen LogP contribution in [0.15, 0.2) is 24.3 Å². The standard InChI is InChI=1S/C15H18N2O3/c18-14-12(6-3-8-16-14)17-15(19)13-11-5-2-1-4-10(11)7-9-20-13/h1-2,4-5,12-13H,3,6-9H2,(H,16,18)(H,17,19)/t12-,13-/m0/s1. The van der Waals surface area contributed by atoms with Gasteiger partial charge in [-0.25, -0.2) is 0 Å². The average Bonchev–Trinajstić information content (AvgIpc) is 2.49. The van der Waals surface area contributed by atoms with Crippen molar-refractivity contribution in [3.63, 3.8) is 0 Å². The number of piperidine rings is 1. The summed E-state index contributed by atoms with van der Waals surface area (Å²) in [6.07, 6.45) is 1.80. The topological polar surface area (TPSA) is 67.4 Å². The van der Waals surface area contributed by atoms with Crippen LogP contribution in [0.4, 0.5) is 0 Å². The number of fused-ring (bicyclic) bond motifs is 1. The van der Waals surface area contributed by atoms with Crippen molar-refractivity contribution in [3.8, 4) is 0 Å². The van der Waals surface area contributed by atoms with Crippen LogP contribution in [-0.4, -0.2) is 31.0 Å². The molecule has 0 saturated carbocycles. The van der Waals surface area contributed by atoms with E-state index in [0.717, 1.165) is 24.0 Å². The quantitative estimate of drug-likeness (QED) is 0.834. The third-order valence-electron chi connectivity index (χ3n) is 3.83. The van der Waals surface area contributed by atoms with Gasteiger partial charge in [0, 0.05) is 6.54 Å². The first-order chi connectivity index (χ1) is 9.75. The minimum atomic E-state index is -0.602. The highest BCUT2D eigenvalue weighted by atomic mass is 16.5. The number of amides is 2. The zero-order chi connectivity index (χ0) is 13.9. The number of hydrogen-bond acceptors (Lipinski definition) is 3. The first kappa shape index (κ1) is 13.1. The minimum absolute atomic E-state index is 0.103. The third kappa shape index (κ3) is 2.54. The molecule has 2 atom stereocenters. The lowest BCUT2D eigenvalue weighted by Crippen LogP contribution is -2.51. The normalized spacial score (nSPS) is 25.5. The molecule has 3 rings (SSSR count). The van der Waals surface area contributed by atoms with Crippen LogP contribution in [0.1, 0.15) is 30.1 Å². The maximum absolute atomic E-state index is 12.4. The fraction of sp³-hybridized carbons (Fsp3) is 0.467. The van der Waals surface area contributed by atoms with Gasteiger partial charge in [-0.2, -0.15) is 0 Å². The molecule has 1 fully saturated rings. The molecule has 106 valence electrons. The summed E-state index contributed by atoms with van der Waals surface area (Å²) in [5.74, 6) is -0.326. The van der Waals surface area contributed by atoms with Crippen LogP contribution in [-0.2, 0) is 20.7 Å². The summed E-state index contributed by atoms with van der Waals surface area (Å²) in [5, 5.41) is 5.57. The fourth-order valence-electron chi connectivity index (χ4n) is 2.77. The van der Waals surface area contributed by atoms with E-state index in [1.807, 2.05) is 24.3 Å². The van der Waals surface area contributed by atoms with Gasteiger partial charge in [0.2, 0.25) is 5.91 Å². The number of ether oxygens (including phenoxy) is 1. The van der Waals surface area contributed by atoms with Gasteiger partial charge in [-0.05, 0) is 30.4 Å². The summed E-state index contributed by atoms with van der Waals surface area (Å²) in [6, 6.07) is 7.37. The predicted octanol–water partition coefficient (Wildman–Crippen LogP) is 0.695. The smallest absolute Gasteiger partial charge is 0.254 e. The molecule has 2 aliphatic heterocycles. The second-order valence-electron chi connectivity index (χ2n) is 5.19. The zero-order valence-corrected chi connectivity index (χ0v) is 11.2. The van der Waals surface area contributed by atoms with E-state index in [-0.39, 0.29) is 11.8 Å². The van der Waals surface area contributed by atoms with Gasteiger partial charge < -0.3 is 15.4 Å². The lowest BCUT2D eigenvalue weighted by Gasteiger charge is -2.28. The Kier molecular flexibility index (Phi) is 3.69. The minimum Gasteiger partial charge on any atom is -0.363 e. The Balaban J connectivity index is 1.73. The van der Waals surface area contributed by atoms with Crippen molar-refractivity contribution < 1.29 is 14.3 Å². The molecule has 0 radical (unpaired) electrons. The molecule has 0 spiro atoms. The predicted molar refractivity (Wildman–Crippen MR) is 73.0 cm³/mol. The number of hydrogen-bond donors (Lipinski definition) is 2. The van der Waals surface area contributed by atoms with Crippen molar-refractivity contribution >= 4 is 11.8 Å². The number of nitrogens with one attached hydrogen (secondary N) is 2. The van der Waals surface area contributed by atoms with Crippen LogP contribution in [0.2, 0.25) is 0 Å². The second-order valence-corrected chi connectivity index (χ2v) is 5.19. The van der Waals surface area contributed by atoms with Crippen molar-refractivity contribution in [1.29, 1.82) is 0 Å². The zero-order valence-electron chi connectivity index (χ0n) is 11.2. The summed E-state index contributed by atoms with van der Waals surface area (Å²) in [4.78, 5) is 24.0. The van der Waals surface area contributed by atoms with E-state index in [4.69, 9.17) is 4.74 Å². The van der Waals surface area contributed by atoms with E-state index in [0.29, 0.717) is 19.6 Å². The van der Waals surface area contributed by atoms with Crippen molar-refractivity contribution in [2.24, 2.45) is 0 Å². The van der Waals surface area contributed by atoms with E-state index in [2.05, 4.69) is 10.6 Å². The Labute approximate surface area is 117 Å². The maximum Gasteiger partial charge on any atom is 0.254 e. The lowest BCUT2D eigenvalue weighted by atomic mass is 9.96. The summed E-state index contributed by atoms with van der Waals surface area (Å²) < 4.78 is 5.60. The van der Waals surface area contributed by atoms with Gasteiger partial charge in [0.05, 0.1) is 6.61 Å². The van der Waals surface area contributed by atoms with Crippen LogP contribution >= 0.6 is 0 Å². The van der Waals surface area contributed by atoms with Crippen molar-refractivity contribution in [2.75, 3.05) is 13.2 Å². The molecule has 1 aromatic rings. The molecule has 5 nitrogen and oxygen atoms in total. The Morgan fingerprint density at radius 2 is 2.20 bits per heavy atom. The molecule has 2 amide bonds. The van der Waals surface area contributed by atoms with Crippen LogP contribution in [0.5, 0.6) is 0 Å². The number of rotatable bonds is 2. The first-order valence-corrected chi connectivity index (χ1v) is 7.03. The van der Waals surface area contributed by atoms with Crippen molar-refractivity contribution in [1.82, 2.24) is 10.6 Å². The Hall–Kier alpha value is -1.88. The van der Waals surface area contributed by atoms with E-state index in [1.54, 1.807) is 0 Å². The first-order valence-electron chi connectivity index (χ1n) is 7.03. The molecule has 1 aromatic carbocycles. The van der Waals surface area contributed by atoms with E-state index in [9.17, 15) is 9.59 Å². The number of benzene rings is 1. The van der Waals surface area contributed by atoms with E-state index in [1.165, 1.54) is 0 Å². The van der Waals surface area contributed by atoms with Gasteiger partial charge in [-0.15, -0.1) is 0 Å². The highest BCUT2D eigenvalue weighted by molar-refractivity contribution is 5.90. The molecule has 0 aliphatic carbocycles. The molecular formula is C15H18N2O3. The van der Waals surface area contributed by atoms with Crippen LogP contribution in [0, 0.1) is 0 Å².